The molecule has 4 nitrogen and oxygen atoms in total. The minimum absolute atomic E-state index is 0.0343. The summed E-state index contributed by atoms with van der Waals surface area (Å²) in [5.74, 6) is -0.103. The molecule has 0 rings (SSSR count). The molecule has 0 saturated heterocycles. The summed E-state index contributed by atoms with van der Waals surface area (Å²) in [5.41, 5.74) is 0. The summed E-state index contributed by atoms with van der Waals surface area (Å²) in [6.45, 7) is 15.5. The van der Waals surface area contributed by atoms with E-state index >= 15 is 0 Å². The number of unbranched alkanes of at least 4 members (excludes halogenated alkanes) is 5. The third-order valence-electron chi connectivity index (χ3n) is 4.39. The third-order valence-corrected chi connectivity index (χ3v) is 6.35. The van der Waals surface area contributed by atoms with E-state index in [1.807, 2.05) is 0 Å². The van der Waals surface area contributed by atoms with Crippen LogP contribution in [0.25, 0.3) is 0 Å². The topological polar surface area (TPSA) is 44.8 Å². The van der Waals surface area contributed by atoms with Gasteiger partial charge in [-0.3, -0.25) is 4.79 Å². The van der Waals surface area contributed by atoms with Crippen molar-refractivity contribution in [3.63, 3.8) is 0 Å². The van der Waals surface area contributed by atoms with Crippen molar-refractivity contribution >= 4 is 22.6 Å². The first kappa shape index (κ1) is 30.0. The molecule has 0 saturated carbocycles. The molecule has 0 bridgehead atoms. The van der Waals surface area contributed by atoms with Crippen molar-refractivity contribution in [2.45, 2.75) is 110 Å². The Hall–Kier alpha value is -0.956. The monoisotopic (exact) mass is 468 g/mol. The summed E-state index contributed by atoms with van der Waals surface area (Å²) in [4.78, 5) is 11.1. The van der Waals surface area contributed by atoms with E-state index in [9.17, 15) is 4.79 Å². The van der Waals surface area contributed by atoms with Gasteiger partial charge in [0.05, 0.1) is 19.3 Å². The highest BCUT2D eigenvalue weighted by Gasteiger charge is 2.29. The molecule has 180 valence electrons. The van der Waals surface area contributed by atoms with Crippen LogP contribution in [0.15, 0.2) is 36.5 Å². The van der Waals surface area contributed by atoms with Crippen molar-refractivity contribution in [1.29, 1.82) is 0 Å². The first-order valence-corrected chi connectivity index (χ1v) is 18.7. The van der Waals surface area contributed by atoms with E-state index in [0.29, 0.717) is 6.42 Å². The number of esters is 1. The van der Waals surface area contributed by atoms with E-state index in [4.69, 9.17) is 8.85 Å². The number of carbonyl (C=O) groups is 1. The van der Waals surface area contributed by atoms with Crippen LogP contribution in [0.2, 0.25) is 39.3 Å². The molecule has 6 heteroatoms. The van der Waals surface area contributed by atoms with E-state index in [2.05, 4.69) is 87.4 Å². The van der Waals surface area contributed by atoms with Gasteiger partial charge in [-0.25, -0.2) is 0 Å². The van der Waals surface area contributed by atoms with Gasteiger partial charge in [0, 0.05) is 6.42 Å². The first-order chi connectivity index (χ1) is 14.5. The van der Waals surface area contributed by atoms with Crippen LogP contribution in [0.4, 0.5) is 0 Å². The Morgan fingerprint density at radius 3 is 1.87 bits per heavy atom. The molecule has 0 heterocycles. The van der Waals surface area contributed by atoms with Gasteiger partial charge in [-0.2, -0.15) is 0 Å². The zero-order chi connectivity index (χ0) is 23.8. The average Bonchev–Trinajstić information content (AvgIpc) is 2.66. The molecule has 0 aliphatic rings. The number of carbonyl (C=O) groups excluding carboxylic acids is 1. The summed E-state index contributed by atoms with van der Waals surface area (Å²) >= 11 is 0. The fourth-order valence-corrected chi connectivity index (χ4v) is 5.09. The Bertz CT molecular complexity index is 557. The molecule has 0 amide bonds. The van der Waals surface area contributed by atoms with Crippen molar-refractivity contribution in [3.05, 3.63) is 36.5 Å². The second-order valence-electron chi connectivity index (χ2n) is 9.92. The molecule has 0 aromatic carbocycles. The van der Waals surface area contributed by atoms with E-state index in [-0.39, 0.29) is 18.2 Å². The van der Waals surface area contributed by atoms with Crippen molar-refractivity contribution in [2.24, 2.45) is 0 Å². The Labute approximate surface area is 194 Å². The maximum Gasteiger partial charge on any atom is 0.305 e. The zero-order valence-corrected chi connectivity index (χ0v) is 23.4. The number of ether oxygens (including phenoxy) is 1. The van der Waals surface area contributed by atoms with Gasteiger partial charge in [0.1, 0.15) is 0 Å². The lowest BCUT2D eigenvalue weighted by Gasteiger charge is -2.33. The van der Waals surface area contributed by atoms with Gasteiger partial charge in [0.15, 0.2) is 16.6 Å². The van der Waals surface area contributed by atoms with Crippen LogP contribution in [0.3, 0.4) is 0 Å². The lowest BCUT2D eigenvalue weighted by molar-refractivity contribution is -0.140. The Balaban J connectivity index is 4.62. The summed E-state index contributed by atoms with van der Waals surface area (Å²) in [7, 11) is -1.95. The Morgan fingerprint density at radius 1 is 0.774 bits per heavy atom. The van der Waals surface area contributed by atoms with Gasteiger partial charge in [0.2, 0.25) is 0 Å². The minimum atomic E-state index is -1.71. The quantitative estimate of drug-likeness (QED) is 0.0733. The van der Waals surface area contributed by atoms with Crippen molar-refractivity contribution < 1.29 is 18.4 Å². The molecule has 0 aliphatic carbocycles. The Kier molecular flexibility index (Phi) is 16.1. The van der Waals surface area contributed by atoms with Crippen LogP contribution in [0, 0.1) is 0 Å². The highest BCUT2D eigenvalue weighted by Crippen LogP contribution is 2.19. The molecular formula is C25H48O4Si2. The van der Waals surface area contributed by atoms with E-state index in [1.165, 1.54) is 26.4 Å². The highest BCUT2D eigenvalue weighted by molar-refractivity contribution is 6.70. The minimum Gasteiger partial charge on any atom is -0.469 e. The number of methoxy groups -OCH3 is 1. The number of hydrogen-bond acceptors (Lipinski definition) is 4. The first-order valence-electron chi connectivity index (χ1n) is 11.9. The lowest BCUT2D eigenvalue weighted by atomic mass is 10.1. The number of rotatable bonds is 17. The third kappa shape index (κ3) is 19.5. The fraction of sp³-hybridized carbons (Fsp3) is 0.720. The molecule has 2 atom stereocenters. The van der Waals surface area contributed by atoms with Crippen LogP contribution in [-0.2, 0) is 18.4 Å². The Morgan fingerprint density at radius 2 is 1.32 bits per heavy atom. The maximum absolute atomic E-state index is 11.1. The van der Waals surface area contributed by atoms with Crippen LogP contribution >= 0.6 is 0 Å². The van der Waals surface area contributed by atoms with Gasteiger partial charge in [0.25, 0.3) is 0 Å². The van der Waals surface area contributed by atoms with E-state index < -0.39 is 16.6 Å². The predicted octanol–water partition coefficient (Wildman–Crippen LogP) is 7.41. The second-order valence-corrected chi connectivity index (χ2v) is 18.8. The largest absolute Gasteiger partial charge is 0.469 e. The molecule has 0 spiro atoms. The van der Waals surface area contributed by atoms with Crippen molar-refractivity contribution in [1.82, 2.24) is 0 Å². The number of hydrogen-bond donors (Lipinski definition) is 0. The van der Waals surface area contributed by atoms with Crippen LogP contribution in [0.5, 0.6) is 0 Å². The molecule has 0 radical (unpaired) electrons. The average molecular weight is 469 g/mol. The molecule has 31 heavy (non-hydrogen) atoms. The molecule has 0 aliphatic heterocycles. The summed E-state index contributed by atoms with van der Waals surface area (Å²) in [5, 5.41) is 0. The van der Waals surface area contributed by atoms with E-state index in [1.54, 1.807) is 0 Å². The van der Waals surface area contributed by atoms with Crippen LogP contribution in [0.1, 0.15) is 58.3 Å². The lowest BCUT2D eigenvalue weighted by Crippen LogP contribution is -2.42. The fourth-order valence-electron chi connectivity index (χ4n) is 3.03. The standard InChI is InChI=1S/C25H48O4Si2/c1-9-10-20-23(28-30(3,4)5)24(29-31(6,7)8)21-18-16-14-12-11-13-15-17-19-22-25(26)27-2/h10,14,16,18,20-21,23-24H,9,11-13,15,17,19,22H2,1-8H3/b16-14-,20-10+,21-18+/t23-,24-/m0/s1. The molecule has 0 fully saturated rings. The predicted molar refractivity (Wildman–Crippen MR) is 138 cm³/mol. The van der Waals surface area contributed by atoms with E-state index in [0.717, 1.165) is 25.7 Å². The van der Waals surface area contributed by atoms with Gasteiger partial charge < -0.3 is 13.6 Å². The molecule has 0 N–H and O–H groups in total. The van der Waals surface area contributed by atoms with Crippen LogP contribution < -0.4 is 0 Å². The summed E-state index contributed by atoms with van der Waals surface area (Å²) in [6.07, 6.45) is 21.1. The summed E-state index contributed by atoms with van der Waals surface area (Å²) in [6, 6.07) is 0. The molecular weight excluding hydrogens is 420 g/mol. The smallest absolute Gasteiger partial charge is 0.305 e. The molecule has 0 aromatic heterocycles. The summed E-state index contributed by atoms with van der Waals surface area (Å²) < 4.78 is 17.6. The highest BCUT2D eigenvalue weighted by atomic mass is 28.4. The normalized spacial score (nSPS) is 15.2. The molecule has 0 aromatic rings. The zero-order valence-electron chi connectivity index (χ0n) is 21.4. The second kappa shape index (κ2) is 16.6. The van der Waals surface area contributed by atoms with Gasteiger partial charge >= 0.3 is 5.97 Å². The van der Waals surface area contributed by atoms with Gasteiger partial charge in [-0.15, -0.1) is 0 Å². The van der Waals surface area contributed by atoms with Crippen LogP contribution in [-0.4, -0.2) is 41.9 Å². The van der Waals surface area contributed by atoms with Crippen molar-refractivity contribution in [2.75, 3.05) is 7.11 Å². The number of allylic oxidation sites excluding steroid dienone is 4. The SMILES string of the molecule is CC/C=C/[C@H](O[Si](C)(C)C)[C@H](/C=C/C=C\CCCCCCCC(=O)OC)O[Si](C)(C)C. The maximum atomic E-state index is 11.1. The molecule has 0 unspecified atom stereocenters. The van der Waals surface area contributed by atoms with Gasteiger partial charge in [-0.1, -0.05) is 62.6 Å². The van der Waals surface area contributed by atoms with Crippen molar-refractivity contribution in [3.8, 4) is 0 Å². The van der Waals surface area contributed by atoms with Gasteiger partial charge in [-0.05, 0) is 65.0 Å².